The normalized spacial score (nSPS) is 18.7. The van der Waals surface area contributed by atoms with Gasteiger partial charge in [-0.15, -0.1) is 11.3 Å². The average Bonchev–Trinajstić information content (AvgIpc) is 2.93. The van der Waals surface area contributed by atoms with Gasteiger partial charge in [0.1, 0.15) is 0 Å². The largest absolute Gasteiger partial charge is 0.389 e. The summed E-state index contributed by atoms with van der Waals surface area (Å²) in [5.74, 6) is 0.196. The maximum atomic E-state index is 10.9. The Morgan fingerprint density at radius 2 is 2.29 bits per heavy atom. The van der Waals surface area contributed by atoms with Gasteiger partial charge in [-0.1, -0.05) is 6.07 Å². The van der Waals surface area contributed by atoms with Crippen LogP contribution in [-0.4, -0.2) is 48.3 Å². The van der Waals surface area contributed by atoms with Crippen LogP contribution in [0.3, 0.4) is 0 Å². The van der Waals surface area contributed by atoms with Crippen molar-refractivity contribution in [1.29, 1.82) is 0 Å². The monoisotopic (exact) mass is 312 g/mol. The topological polar surface area (TPSA) is 75.8 Å². The SMILES string of the molecule is NC(=O)CC1CCN(CC(O)COCc2cccs2)CC1. The molecule has 3 N–H and O–H groups in total. The lowest BCUT2D eigenvalue weighted by Gasteiger charge is -2.32. The molecule has 0 aromatic carbocycles. The van der Waals surface area contributed by atoms with Gasteiger partial charge in [0, 0.05) is 17.8 Å². The number of amides is 1. The van der Waals surface area contributed by atoms with Gasteiger partial charge in [-0.2, -0.15) is 0 Å². The zero-order chi connectivity index (χ0) is 15.1. The molecule has 21 heavy (non-hydrogen) atoms. The van der Waals surface area contributed by atoms with Crippen LogP contribution in [0, 0.1) is 5.92 Å². The quantitative estimate of drug-likeness (QED) is 0.756. The summed E-state index contributed by atoms with van der Waals surface area (Å²) < 4.78 is 5.53. The lowest BCUT2D eigenvalue weighted by Crippen LogP contribution is -2.40. The van der Waals surface area contributed by atoms with Crippen molar-refractivity contribution in [2.45, 2.75) is 32.0 Å². The van der Waals surface area contributed by atoms with Crippen molar-refractivity contribution in [1.82, 2.24) is 4.90 Å². The molecule has 1 atom stereocenters. The number of nitrogens with zero attached hydrogens (tertiary/aromatic N) is 1. The first kappa shape index (κ1) is 16.4. The average molecular weight is 312 g/mol. The van der Waals surface area contributed by atoms with Gasteiger partial charge in [0.15, 0.2) is 0 Å². The second-order valence-electron chi connectivity index (χ2n) is 5.66. The zero-order valence-electron chi connectivity index (χ0n) is 12.2. The fourth-order valence-electron chi connectivity index (χ4n) is 2.70. The summed E-state index contributed by atoms with van der Waals surface area (Å²) in [4.78, 5) is 14.3. The van der Waals surface area contributed by atoms with Gasteiger partial charge in [-0.05, 0) is 43.3 Å². The zero-order valence-corrected chi connectivity index (χ0v) is 13.1. The molecule has 1 aliphatic heterocycles. The Labute approximate surface area is 129 Å². The molecule has 1 amide bonds. The van der Waals surface area contributed by atoms with Gasteiger partial charge in [0.2, 0.25) is 5.91 Å². The molecule has 0 bridgehead atoms. The molecule has 2 heterocycles. The molecular formula is C15H24N2O3S. The Bertz CT molecular complexity index is 417. The lowest BCUT2D eigenvalue weighted by molar-refractivity contribution is -0.119. The summed E-state index contributed by atoms with van der Waals surface area (Å²) in [6.07, 6.45) is 1.98. The molecule has 6 heteroatoms. The van der Waals surface area contributed by atoms with Crippen LogP contribution in [0.1, 0.15) is 24.1 Å². The number of hydrogen-bond acceptors (Lipinski definition) is 5. The third-order valence-electron chi connectivity index (χ3n) is 3.80. The summed E-state index contributed by atoms with van der Waals surface area (Å²) in [6, 6.07) is 4.02. The molecule has 0 radical (unpaired) electrons. The van der Waals surface area contributed by atoms with E-state index in [-0.39, 0.29) is 5.91 Å². The highest BCUT2D eigenvalue weighted by atomic mass is 32.1. The number of rotatable bonds is 8. The number of aliphatic hydroxyl groups excluding tert-OH is 1. The molecule has 5 nitrogen and oxygen atoms in total. The van der Waals surface area contributed by atoms with Crippen molar-refractivity contribution in [2.24, 2.45) is 11.7 Å². The fraction of sp³-hybridized carbons (Fsp3) is 0.667. The molecule has 1 aromatic heterocycles. The number of aliphatic hydroxyl groups is 1. The summed E-state index contributed by atoms with van der Waals surface area (Å²) in [5, 5.41) is 12.0. The Morgan fingerprint density at radius 1 is 1.52 bits per heavy atom. The Hall–Kier alpha value is -0.950. The number of β-amino-alcohol motifs (C(OH)–C–C–N with tert-alkyl or cyclic N) is 1. The van der Waals surface area contributed by atoms with Gasteiger partial charge in [0.25, 0.3) is 0 Å². The molecule has 118 valence electrons. The Kier molecular flexibility index (Phi) is 6.63. The fourth-order valence-corrected chi connectivity index (χ4v) is 3.34. The second kappa shape index (κ2) is 8.48. The number of thiophene rings is 1. The highest BCUT2D eigenvalue weighted by molar-refractivity contribution is 7.09. The highest BCUT2D eigenvalue weighted by Gasteiger charge is 2.22. The van der Waals surface area contributed by atoms with E-state index in [1.807, 2.05) is 17.5 Å². The minimum atomic E-state index is -0.461. The number of piperidine rings is 1. The molecule has 1 fully saturated rings. The summed E-state index contributed by atoms with van der Waals surface area (Å²) in [6.45, 7) is 3.39. The molecule has 1 saturated heterocycles. The van der Waals surface area contributed by atoms with Crippen molar-refractivity contribution < 1.29 is 14.6 Å². The summed E-state index contributed by atoms with van der Waals surface area (Å²) >= 11 is 1.66. The van der Waals surface area contributed by atoms with E-state index in [2.05, 4.69) is 4.90 Å². The van der Waals surface area contributed by atoms with E-state index in [1.54, 1.807) is 11.3 Å². The predicted molar refractivity (Wildman–Crippen MR) is 83.0 cm³/mol. The van der Waals surface area contributed by atoms with Crippen molar-refractivity contribution in [3.8, 4) is 0 Å². The van der Waals surface area contributed by atoms with Gasteiger partial charge in [0.05, 0.1) is 19.3 Å². The van der Waals surface area contributed by atoms with E-state index in [4.69, 9.17) is 10.5 Å². The summed E-state index contributed by atoms with van der Waals surface area (Å²) in [7, 11) is 0. The van der Waals surface area contributed by atoms with E-state index >= 15 is 0 Å². The third-order valence-corrected chi connectivity index (χ3v) is 4.65. The van der Waals surface area contributed by atoms with Gasteiger partial charge in [-0.25, -0.2) is 0 Å². The Morgan fingerprint density at radius 3 is 2.90 bits per heavy atom. The number of primary amides is 1. The first-order chi connectivity index (χ1) is 10.1. The molecular weight excluding hydrogens is 288 g/mol. The maximum absolute atomic E-state index is 10.9. The van der Waals surface area contributed by atoms with E-state index < -0.39 is 6.10 Å². The number of carbonyl (C=O) groups is 1. The van der Waals surface area contributed by atoms with Crippen molar-refractivity contribution in [2.75, 3.05) is 26.2 Å². The first-order valence-corrected chi connectivity index (χ1v) is 8.30. The number of hydrogen-bond donors (Lipinski definition) is 2. The molecule has 1 aliphatic rings. The predicted octanol–water partition coefficient (Wildman–Crippen LogP) is 1.21. The van der Waals surface area contributed by atoms with Crippen molar-refractivity contribution in [3.63, 3.8) is 0 Å². The molecule has 0 aliphatic carbocycles. The molecule has 0 saturated carbocycles. The van der Waals surface area contributed by atoms with Crippen molar-refractivity contribution in [3.05, 3.63) is 22.4 Å². The van der Waals surface area contributed by atoms with Crippen LogP contribution in [0.15, 0.2) is 17.5 Å². The van der Waals surface area contributed by atoms with Crippen LogP contribution in [0.5, 0.6) is 0 Å². The van der Waals surface area contributed by atoms with Crippen LogP contribution >= 0.6 is 11.3 Å². The van der Waals surface area contributed by atoms with E-state index in [0.29, 0.717) is 32.1 Å². The van der Waals surface area contributed by atoms with Crippen molar-refractivity contribution >= 4 is 17.2 Å². The Balaban J connectivity index is 1.58. The van der Waals surface area contributed by atoms with Crippen LogP contribution in [-0.2, 0) is 16.1 Å². The van der Waals surface area contributed by atoms with E-state index in [0.717, 1.165) is 25.9 Å². The van der Waals surface area contributed by atoms with Crippen LogP contribution in [0.25, 0.3) is 0 Å². The first-order valence-electron chi connectivity index (χ1n) is 7.42. The minimum Gasteiger partial charge on any atom is -0.389 e. The van der Waals surface area contributed by atoms with Crippen LogP contribution < -0.4 is 5.73 Å². The number of nitrogens with two attached hydrogens (primary N) is 1. The van der Waals surface area contributed by atoms with E-state index in [1.165, 1.54) is 4.88 Å². The lowest BCUT2D eigenvalue weighted by atomic mass is 9.93. The number of likely N-dealkylation sites (tertiary alicyclic amines) is 1. The van der Waals surface area contributed by atoms with Crippen LogP contribution in [0.2, 0.25) is 0 Å². The standard InChI is InChI=1S/C15H24N2O3S/c16-15(19)8-12-3-5-17(6-4-12)9-13(18)10-20-11-14-2-1-7-21-14/h1-2,7,12-13,18H,3-6,8-11H2,(H2,16,19). The van der Waals surface area contributed by atoms with Crippen LogP contribution in [0.4, 0.5) is 0 Å². The number of ether oxygens (including phenoxy) is 1. The summed E-state index contributed by atoms with van der Waals surface area (Å²) in [5.41, 5.74) is 5.23. The highest BCUT2D eigenvalue weighted by Crippen LogP contribution is 2.20. The molecule has 2 rings (SSSR count). The van der Waals surface area contributed by atoms with E-state index in [9.17, 15) is 9.90 Å². The second-order valence-corrected chi connectivity index (χ2v) is 6.69. The maximum Gasteiger partial charge on any atom is 0.217 e. The number of carbonyl (C=O) groups excluding carboxylic acids is 1. The third kappa shape index (κ3) is 6.13. The van der Waals surface area contributed by atoms with Gasteiger partial charge < -0.3 is 20.5 Å². The van der Waals surface area contributed by atoms with Gasteiger partial charge in [-0.3, -0.25) is 4.79 Å². The smallest absolute Gasteiger partial charge is 0.217 e. The molecule has 0 spiro atoms. The van der Waals surface area contributed by atoms with Gasteiger partial charge >= 0.3 is 0 Å². The molecule has 1 aromatic rings. The molecule has 1 unspecified atom stereocenters. The minimum absolute atomic E-state index is 0.213.